The zero-order chi connectivity index (χ0) is 20.2. The average molecular weight is 392 g/mol. The van der Waals surface area contributed by atoms with Crippen LogP contribution < -0.4 is 5.32 Å². The maximum absolute atomic E-state index is 11.4. The first-order valence-corrected chi connectivity index (χ1v) is 10.3. The minimum Gasteiger partial charge on any atom is -0.378 e. The van der Waals surface area contributed by atoms with Gasteiger partial charge in [-0.1, -0.05) is 66.7 Å². The van der Waals surface area contributed by atoms with Crippen LogP contribution >= 0.6 is 0 Å². The van der Waals surface area contributed by atoms with Crippen LogP contribution in [0.25, 0.3) is 10.8 Å². The number of nitrogens with zero attached hydrogens (tertiary/aromatic N) is 1. The lowest BCUT2D eigenvalue weighted by Crippen LogP contribution is -2.30. The summed E-state index contributed by atoms with van der Waals surface area (Å²) in [5, 5.41) is 17.7. The number of fused-ring (bicyclic) bond motifs is 6. The van der Waals surface area contributed by atoms with Crippen molar-refractivity contribution in [3.05, 3.63) is 117 Å². The van der Waals surface area contributed by atoms with E-state index in [0.29, 0.717) is 5.92 Å². The molecule has 6 rings (SSSR count). The Labute approximate surface area is 174 Å². The van der Waals surface area contributed by atoms with Crippen LogP contribution in [0.5, 0.6) is 0 Å². The van der Waals surface area contributed by atoms with E-state index < -0.39 is 0 Å². The Morgan fingerprint density at radius 1 is 0.833 bits per heavy atom. The number of non-ortho nitro benzene ring substituents is 1. The molecule has 3 atom stereocenters. The number of rotatable bonds is 2. The van der Waals surface area contributed by atoms with E-state index in [1.165, 1.54) is 27.5 Å². The van der Waals surface area contributed by atoms with Crippen molar-refractivity contribution in [3.63, 3.8) is 0 Å². The van der Waals surface area contributed by atoms with Crippen LogP contribution in [0.4, 0.5) is 11.4 Å². The average Bonchev–Trinajstić information content (AvgIpc) is 3.18. The van der Waals surface area contributed by atoms with Gasteiger partial charge in [0.15, 0.2) is 0 Å². The van der Waals surface area contributed by atoms with E-state index in [0.717, 1.165) is 17.7 Å². The van der Waals surface area contributed by atoms with Gasteiger partial charge in [0.2, 0.25) is 0 Å². The van der Waals surface area contributed by atoms with Crippen LogP contribution in [0.1, 0.15) is 34.2 Å². The molecule has 0 bridgehead atoms. The van der Waals surface area contributed by atoms with E-state index >= 15 is 0 Å². The van der Waals surface area contributed by atoms with Crippen molar-refractivity contribution in [1.82, 2.24) is 0 Å². The summed E-state index contributed by atoms with van der Waals surface area (Å²) in [6.07, 6.45) is 0.962. The Hall–Kier alpha value is -3.66. The Morgan fingerprint density at radius 3 is 2.50 bits per heavy atom. The second-order valence-electron chi connectivity index (χ2n) is 8.26. The molecule has 1 N–H and O–H groups in total. The lowest BCUT2D eigenvalue weighted by atomic mass is 9.75. The number of hydrogen-bond acceptors (Lipinski definition) is 3. The number of nitrogens with one attached hydrogen (secondary N) is 1. The van der Waals surface area contributed by atoms with Crippen molar-refractivity contribution >= 4 is 22.1 Å². The minimum absolute atomic E-state index is 0.141. The molecule has 1 aliphatic heterocycles. The summed E-state index contributed by atoms with van der Waals surface area (Å²) in [6.45, 7) is 0. The van der Waals surface area contributed by atoms with Gasteiger partial charge in [0.25, 0.3) is 5.69 Å². The van der Waals surface area contributed by atoms with Gasteiger partial charge in [-0.2, -0.15) is 0 Å². The Bertz CT molecular complexity index is 1310. The van der Waals surface area contributed by atoms with Crippen molar-refractivity contribution in [3.8, 4) is 0 Å². The molecule has 4 heteroatoms. The molecule has 0 spiro atoms. The second kappa shape index (κ2) is 6.42. The molecule has 4 nitrogen and oxygen atoms in total. The maximum Gasteiger partial charge on any atom is 0.269 e. The van der Waals surface area contributed by atoms with Crippen LogP contribution in [0, 0.1) is 16.0 Å². The van der Waals surface area contributed by atoms with Gasteiger partial charge in [-0.05, 0) is 51.4 Å². The van der Waals surface area contributed by atoms with Crippen LogP contribution in [-0.4, -0.2) is 4.92 Å². The summed E-state index contributed by atoms with van der Waals surface area (Å²) in [6, 6.07) is 28.9. The van der Waals surface area contributed by atoms with Gasteiger partial charge in [-0.25, -0.2) is 0 Å². The largest absolute Gasteiger partial charge is 0.378 e. The van der Waals surface area contributed by atoms with Gasteiger partial charge < -0.3 is 5.32 Å². The summed E-state index contributed by atoms with van der Waals surface area (Å²) >= 11 is 0. The molecule has 146 valence electrons. The first-order valence-electron chi connectivity index (χ1n) is 10.3. The zero-order valence-electron chi connectivity index (χ0n) is 16.3. The molecule has 2 aliphatic rings. The van der Waals surface area contributed by atoms with Gasteiger partial charge in [0.1, 0.15) is 0 Å². The van der Waals surface area contributed by atoms with Crippen molar-refractivity contribution in [1.29, 1.82) is 0 Å². The smallest absolute Gasteiger partial charge is 0.269 e. The first-order chi connectivity index (χ1) is 14.7. The monoisotopic (exact) mass is 392 g/mol. The zero-order valence-corrected chi connectivity index (χ0v) is 16.3. The molecule has 0 fully saturated rings. The van der Waals surface area contributed by atoms with E-state index in [2.05, 4.69) is 72.0 Å². The number of nitro benzene ring substituents is 1. The third kappa shape index (κ3) is 2.47. The lowest BCUT2D eigenvalue weighted by Gasteiger charge is -2.38. The summed E-state index contributed by atoms with van der Waals surface area (Å²) in [5.41, 5.74) is 6.13. The van der Waals surface area contributed by atoms with Gasteiger partial charge in [-0.3, -0.25) is 10.1 Å². The quantitative estimate of drug-likeness (QED) is 0.325. The first kappa shape index (κ1) is 17.2. The van der Waals surface area contributed by atoms with E-state index in [9.17, 15) is 10.1 Å². The summed E-state index contributed by atoms with van der Waals surface area (Å²) < 4.78 is 0. The van der Waals surface area contributed by atoms with Gasteiger partial charge >= 0.3 is 0 Å². The Balaban J connectivity index is 1.57. The molecule has 0 saturated heterocycles. The fraction of sp³-hybridized carbons (Fsp3) is 0.154. The third-order valence-corrected chi connectivity index (χ3v) is 6.75. The molecule has 0 aromatic heterocycles. The predicted octanol–water partition coefficient (Wildman–Crippen LogP) is 6.22. The van der Waals surface area contributed by atoms with E-state index in [1.54, 1.807) is 12.1 Å². The summed E-state index contributed by atoms with van der Waals surface area (Å²) in [5.74, 6) is 0.462. The third-order valence-electron chi connectivity index (χ3n) is 6.75. The molecule has 0 unspecified atom stereocenters. The fourth-order valence-corrected chi connectivity index (χ4v) is 5.49. The minimum atomic E-state index is -0.299. The molecular formula is C26H20N2O2. The van der Waals surface area contributed by atoms with Crippen molar-refractivity contribution < 1.29 is 4.92 Å². The summed E-state index contributed by atoms with van der Waals surface area (Å²) in [7, 11) is 0. The molecule has 0 saturated carbocycles. The number of hydrogen-bond donors (Lipinski definition) is 1. The standard InChI is InChI=1S/C26H20N2O2/c29-28(30)18-12-13-24-22(15-18)25-20-10-4-2-7-17(20)14-23(25)26(27-24)21-11-5-8-16-6-1-3-9-19(16)21/h1-13,15,23,25-27H,14H2/t23-,25+,26-/m1/s1. The fourth-order valence-electron chi connectivity index (χ4n) is 5.49. The highest BCUT2D eigenvalue weighted by Gasteiger charge is 2.44. The molecular weight excluding hydrogens is 372 g/mol. The molecule has 0 amide bonds. The van der Waals surface area contributed by atoms with Crippen LogP contribution in [0.15, 0.2) is 84.9 Å². The van der Waals surface area contributed by atoms with Crippen molar-refractivity contribution in [2.75, 3.05) is 5.32 Å². The van der Waals surface area contributed by atoms with E-state index in [4.69, 9.17) is 0 Å². The van der Waals surface area contributed by atoms with Crippen LogP contribution in [0.2, 0.25) is 0 Å². The topological polar surface area (TPSA) is 55.2 Å². The normalized spacial score (nSPS) is 21.4. The molecule has 30 heavy (non-hydrogen) atoms. The number of nitro groups is 1. The van der Waals surface area contributed by atoms with Crippen LogP contribution in [-0.2, 0) is 6.42 Å². The molecule has 1 aliphatic carbocycles. The Kier molecular flexibility index (Phi) is 3.69. The van der Waals surface area contributed by atoms with Crippen LogP contribution in [0.3, 0.4) is 0 Å². The SMILES string of the molecule is O=[N+]([O-])c1ccc2c(c1)[C@@H]1c3ccccc3C[C@H]1[C@@H](c1cccc3ccccc13)N2. The molecule has 0 radical (unpaired) electrons. The maximum atomic E-state index is 11.4. The second-order valence-corrected chi connectivity index (χ2v) is 8.26. The summed E-state index contributed by atoms with van der Waals surface area (Å²) in [4.78, 5) is 11.1. The van der Waals surface area contributed by atoms with Crippen molar-refractivity contribution in [2.24, 2.45) is 5.92 Å². The van der Waals surface area contributed by atoms with Crippen molar-refractivity contribution in [2.45, 2.75) is 18.4 Å². The van der Waals surface area contributed by atoms with E-state index in [-0.39, 0.29) is 22.6 Å². The van der Waals surface area contributed by atoms with Gasteiger partial charge in [-0.15, -0.1) is 0 Å². The highest BCUT2D eigenvalue weighted by Crippen LogP contribution is 2.54. The van der Waals surface area contributed by atoms with Gasteiger partial charge in [0, 0.05) is 23.7 Å². The lowest BCUT2D eigenvalue weighted by molar-refractivity contribution is -0.384. The number of benzene rings is 4. The molecule has 4 aromatic rings. The van der Waals surface area contributed by atoms with Gasteiger partial charge in [0.05, 0.1) is 11.0 Å². The number of anilines is 1. The predicted molar refractivity (Wildman–Crippen MR) is 119 cm³/mol. The highest BCUT2D eigenvalue weighted by molar-refractivity contribution is 5.87. The molecule has 4 aromatic carbocycles. The van der Waals surface area contributed by atoms with E-state index in [1.807, 2.05) is 6.07 Å². The highest BCUT2D eigenvalue weighted by atomic mass is 16.6. The Morgan fingerprint density at radius 2 is 1.60 bits per heavy atom. The molecule has 1 heterocycles.